The molecule has 0 spiro atoms. The van der Waals surface area contributed by atoms with Crippen molar-refractivity contribution in [3.05, 3.63) is 77.1 Å². The first-order chi connectivity index (χ1) is 13.6. The molecule has 2 heterocycles. The number of rotatable bonds is 4. The number of aromatic nitrogens is 2. The van der Waals surface area contributed by atoms with Gasteiger partial charge in [-0.1, -0.05) is 18.2 Å². The summed E-state index contributed by atoms with van der Waals surface area (Å²) in [7, 11) is 0. The molecular weight excluding hydrogens is 354 g/mol. The van der Waals surface area contributed by atoms with Gasteiger partial charge in [-0.05, 0) is 56.2 Å². The number of benzene rings is 2. The first-order valence-electron chi connectivity index (χ1n) is 9.32. The van der Waals surface area contributed by atoms with E-state index in [1.807, 2.05) is 42.2 Å². The van der Waals surface area contributed by atoms with Crippen LogP contribution in [0, 0.1) is 6.92 Å². The Balaban J connectivity index is 1.57. The maximum absolute atomic E-state index is 12.9. The summed E-state index contributed by atoms with van der Waals surface area (Å²) < 4.78 is 6.72. The molecule has 0 bridgehead atoms. The molecule has 28 heavy (non-hydrogen) atoms. The zero-order valence-electron chi connectivity index (χ0n) is 15.9. The van der Waals surface area contributed by atoms with E-state index in [1.54, 1.807) is 23.7 Å². The minimum Gasteiger partial charge on any atom is -0.462 e. The summed E-state index contributed by atoms with van der Waals surface area (Å²) in [5.41, 5.74) is 4.73. The van der Waals surface area contributed by atoms with Gasteiger partial charge in [-0.3, -0.25) is 4.79 Å². The summed E-state index contributed by atoms with van der Waals surface area (Å²) in [4.78, 5) is 26.7. The maximum Gasteiger partial charge on any atom is 0.341 e. The lowest BCUT2D eigenvalue weighted by Gasteiger charge is -2.17. The number of amides is 1. The quantitative estimate of drug-likeness (QED) is 0.654. The van der Waals surface area contributed by atoms with Gasteiger partial charge in [-0.25, -0.2) is 9.48 Å². The van der Waals surface area contributed by atoms with Gasteiger partial charge in [0.25, 0.3) is 5.91 Å². The Morgan fingerprint density at radius 2 is 1.86 bits per heavy atom. The van der Waals surface area contributed by atoms with E-state index < -0.39 is 0 Å². The number of nitrogens with zero attached hydrogens (tertiary/aromatic N) is 3. The zero-order valence-corrected chi connectivity index (χ0v) is 15.9. The lowest BCUT2D eigenvalue weighted by molar-refractivity contribution is 0.0525. The number of esters is 1. The van der Waals surface area contributed by atoms with Crippen molar-refractivity contribution in [2.24, 2.45) is 0 Å². The van der Waals surface area contributed by atoms with Crippen molar-refractivity contribution in [1.29, 1.82) is 0 Å². The Morgan fingerprint density at radius 1 is 1.11 bits per heavy atom. The van der Waals surface area contributed by atoms with Crippen LogP contribution in [0.15, 0.2) is 54.7 Å². The Morgan fingerprint density at radius 3 is 2.61 bits per heavy atom. The fraction of sp³-hybridized carbons (Fsp3) is 0.227. The molecule has 0 fully saturated rings. The van der Waals surface area contributed by atoms with E-state index in [-0.39, 0.29) is 11.9 Å². The first-order valence-corrected chi connectivity index (χ1v) is 9.32. The largest absolute Gasteiger partial charge is 0.462 e. The molecule has 0 radical (unpaired) electrons. The normalized spacial score (nSPS) is 12.7. The van der Waals surface area contributed by atoms with Crippen LogP contribution in [0.5, 0.6) is 0 Å². The molecule has 0 unspecified atom stereocenters. The predicted octanol–water partition coefficient (Wildman–Crippen LogP) is 3.56. The summed E-state index contributed by atoms with van der Waals surface area (Å²) in [5, 5.41) is 4.29. The highest BCUT2D eigenvalue weighted by Crippen LogP contribution is 2.29. The highest BCUT2D eigenvalue weighted by atomic mass is 16.5. The summed E-state index contributed by atoms with van der Waals surface area (Å²) >= 11 is 0. The second-order valence-electron chi connectivity index (χ2n) is 6.66. The van der Waals surface area contributed by atoms with E-state index in [0.29, 0.717) is 30.0 Å². The van der Waals surface area contributed by atoms with E-state index in [4.69, 9.17) is 4.74 Å². The van der Waals surface area contributed by atoms with E-state index in [2.05, 4.69) is 11.2 Å². The molecule has 4 rings (SSSR count). The van der Waals surface area contributed by atoms with Crippen LogP contribution in [0.1, 0.15) is 38.9 Å². The summed E-state index contributed by atoms with van der Waals surface area (Å²) in [6, 6.07) is 15.3. The van der Waals surface area contributed by atoms with Gasteiger partial charge in [0.2, 0.25) is 0 Å². The molecule has 2 aromatic carbocycles. The van der Waals surface area contributed by atoms with Crippen molar-refractivity contribution >= 4 is 17.6 Å². The highest BCUT2D eigenvalue weighted by molar-refractivity contribution is 6.07. The Kier molecular flexibility index (Phi) is 4.69. The fourth-order valence-corrected chi connectivity index (χ4v) is 3.53. The smallest absolute Gasteiger partial charge is 0.341 e. The first kappa shape index (κ1) is 18.0. The standard InChI is InChI=1S/C22H21N3O3/c1-3-28-22(27)19-14-23-25(15(19)2)18-10-8-17(9-11-18)21(26)24-13-12-16-6-4-5-7-20(16)24/h4-11,14H,3,12-13H2,1-2H3. The molecule has 6 heteroatoms. The average Bonchev–Trinajstić information content (AvgIpc) is 3.31. The molecule has 0 atom stereocenters. The Bertz CT molecular complexity index is 1040. The van der Waals surface area contributed by atoms with Crippen molar-refractivity contribution < 1.29 is 14.3 Å². The molecule has 0 aliphatic carbocycles. The number of para-hydroxylation sites is 1. The third-order valence-corrected chi connectivity index (χ3v) is 5.00. The van der Waals surface area contributed by atoms with Crippen molar-refractivity contribution in [1.82, 2.24) is 9.78 Å². The van der Waals surface area contributed by atoms with Crippen LogP contribution in [0.4, 0.5) is 5.69 Å². The van der Waals surface area contributed by atoms with Crippen LogP contribution in [-0.2, 0) is 11.2 Å². The molecule has 1 aliphatic heterocycles. The number of fused-ring (bicyclic) bond motifs is 1. The molecule has 1 amide bonds. The van der Waals surface area contributed by atoms with Gasteiger partial charge in [-0.2, -0.15) is 5.10 Å². The third-order valence-electron chi connectivity index (χ3n) is 5.00. The molecule has 0 N–H and O–H groups in total. The van der Waals surface area contributed by atoms with Crippen molar-refractivity contribution in [2.45, 2.75) is 20.3 Å². The van der Waals surface area contributed by atoms with Crippen LogP contribution in [0.25, 0.3) is 5.69 Å². The van der Waals surface area contributed by atoms with Crippen LogP contribution in [0.2, 0.25) is 0 Å². The lowest BCUT2D eigenvalue weighted by Crippen LogP contribution is -2.28. The van der Waals surface area contributed by atoms with Crippen LogP contribution >= 0.6 is 0 Å². The topological polar surface area (TPSA) is 64.4 Å². The molecule has 1 aliphatic rings. The molecule has 1 aromatic heterocycles. The van der Waals surface area contributed by atoms with E-state index >= 15 is 0 Å². The molecule has 142 valence electrons. The maximum atomic E-state index is 12.9. The van der Waals surface area contributed by atoms with Crippen LogP contribution in [-0.4, -0.2) is 34.8 Å². The van der Waals surface area contributed by atoms with Gasteiger partial charge < -0.3 is 9.64 Å². The predicted molar refractivity (Wildman–Crippen MR) is 106 cm³/mol. The van der Waals surface area contributed by atoms with Crippen molar-refractivity contribution in [3.8, 4) is 5.69 Å². The van der Waals surface area contributed by atoms with Crippen LogP contribution < -0.4 is 4.90 Å². The number of hydrogen-bond acceptors (Lipinski definition) is 4. The number of ether oxygens (including phenoxy) is 1. The molecule has 0 saturated carbocycles. The Labute approximate surface area is 163 Å². The fourth-order valence-electron chi connectivity index (χ4n) is 3.53. The summed E-state index contributed by atoms with van der Waals surface area (Å²) in [6.45, 7) is 4.60. The highest BCUT2D eigenvalue weighted by Gasteiger charge is 2.25. The van der Waals surface area contributed by atoms with Crippen molar-refractivity contribution in [3.63, 3.8) is 0 Å². The Hall–Kier alpha value is -3.41. The summed E-state index contributed by atoms with van der Waals surface area (Å²) in [6.07, 6.45) is 2.39. The van der Waals surface area contributed by atoms with Gasteiger partial charge in [0, 0.05) is 17.8 Å². The second kappa shape index (κ2) is 7.31. The number of anilines is 1. The molecule has 3 aromatic rings. The monoisotopic (exact) mass is 375 g/mol. The molecule has 6 nitrogen and oxygen atoms in total. The lowest BCUT2D eigenvalue weighted by atomic mass is 10.1. The van der Waals surface area contributed by atoms with Crippen molar-refractivity contribution in [2.75, 3.05) is 18.1 Å². The molecular formula is C22H21N3O3. The average molecular weight is 375 g/mol. The third kappa shape index (κ3) is 3.07. The SMILES string of the molecule is CCOC(=O)c1cnn(-c2ccc(C(=O)N3CCc4ccccc43)cc2)c1C. The van der Waals surface area contributed by atoms with Gasteiger partial charge in [0.1, 0.15) is 5.56 Å². The molecule has 0 saturated heterocycles. The zero-order chi connectivity index (χ0) is 19.7. The van der Waals surface area contributed by atoms with E-state index in [0.717, 1.165) is 17.8 Å². The van der Waals surface area contributed by atoms with Gasteiger partial charge in [0.15, 0.2) is 0 Å². The minimum atomic E-state index is -0.384. The summed E-state index contributed by atoms with van der Waals surface area (Å²) in [5.74, 6) is -0.397. The van der Waals surface area contributed by atoms with Gasteiger partial charge in [0.05, 0.1) is 24.2 Å². The van der Waals surface area contributed by atoms with Gasteiger partial charge in [-0.15, -0.1) is 0 Å². The number of carbonyl (C=O) groups is 2. The number of hydrogen-bond donors (Lipinski definition) is 0. The van der Waals surface area contributed by atoms with E-state index in [9.17, 15) is 9.59 Å². The number of carbonyl (C=O) groups excluding carboxylic acids is 2. The minimum absolute atomic E-state index is 0.0131. The van der Waals surface area contributed by atoms with E-state index in [1.165, 1.54) is 11.8 Å². The second-order valence-corrected chi connectivity index (χ2v) is 6.66. The van der Waals surface area contributed by atoms with Gasteiger partial charge >= 0.3 is 5.97 Å². The van der Waals surface area contributed by atoms with Crippen LogP contribution in [0.3, 0.4) is 0 Å².